The highest BCUT2D eigenvalue weighted by Gasteiger charge is 2.29. The van der Waals surface area contributed by atoms with Gasteiger partial charge in [-0.05, 0) is 78.0 Å². The third kappa shape index (κ3) is 3.47. The van der Waals surface area contributed by atoms with Gasteiger partial charge in [0.1, 0.15) is 5.60 Å². The molecule has 0 amide bonds. The van der Waals surface area contributed by atoms with E-state index in [2.05, 4.69) is 43.3 Å². The minimum atomic E-state index is -0.571. The van der Waals surface area contributed by atoms with E-state index >= 15 is 0 Å². The average molecular weight is 428 g/mol. The molecule has 32 heavy (non-hydrogen) atoms. The van der Waals surface area contributed by atoms with Crippen LogP contribution in [0.25, 0.3) is 27.4 Å². The normalized spacial score (nSPS) is 17.5. The second-order valence-electron chi connectivity index (χ2n) is 9.88. The molecule has 0 N–H and O–H groups in total. The first-order valence-corrected chi connectivity index (χ1v) is 11.2. The van der Waals surface area contributed by atoms with Gasteiger partial charge < -0.3 is 9.64 Å². The molecule has 3 aromatic rings. The van der Waals surface area contributed by atoms with Gasteiger partial charge in [0.15, 0.2) is 0 Å². The molecule has 0 radical (unpaired) electrons. The molecule has 1 atom stereocenters. The van der Waals surface area contributed by atoms with Gasteiger partial charge in [0, 0.05) is 21.9 Å². The molecule has 5 rings (SSSR count). The molecule has 0 saturated heterocycles. The summed E-state index contributed by atoms with van der Waals surface area (Å²) in [7, 11) is 4.21. The van der Waals surface area contributed by atoms with Crippen molar-refractivity contribution in [2.45, 2.75) is 32.8 Å². The van der Waals surface area contributed by atoms with Crippen molar-refractivity contribution < 1.29 is 9.53 Å². The Morgan fingerprint density at radius 1 is 1.12 bits per heavy atom. The lowest BCUT2D eigenvalue weighted by atomic mass is 9.88. The number of benzene rings is 2. The molecule has 0 fully saturated rings. The topological polar surface area (TPSA) is 46.8 Å². The van der Waals surface area contributed by atoms with E-state index in [0.29, 0.717) is 5.92 Å². The van der Waals surface area contributed by atoms with Crippen molar-refractivity contribution >= 4 is 44.9 Å². The Labute approximate surface area is 188 Å². The molecule has 1 aliphatic heterocycles. The van der Waals surface area contributed by atoms with Crippen LogP contribution in [0.1, 0.15) is 32.8 Å². The van der Waals surface area contributed by atoms with Gasteiger partial charge in [-0.1, -0.05) is 30.4 Å². The summed E-state index contributed by atoms with van der Waals surface area (Å²) in [5, 5.41) is 2.11. The number of para-hydroxylation sites is 1. The molecule has 5 heteroatoms. The third-order valence-corrected chi connectivity index (χ3v) is 5.97. The highest BCUT2D eigenvalue weighted by atomic mass is 16.6. The summed E-state index contributed by atoms with van der Waals surface area (Å²) < 4.78 is 7.47. The number of hydrogen-bond acceptors (Lipinski definition) is 4. The molecule has 1 aromatic heterocycles. The Balaban J connectivity index is 1.70. The van der Waals surface area contributed by atoms with Crippen molar-refractivity contribution in [3.8, 4) is 0 Å². The van der Waals surface area contributed by atoms with E-state index in [0.717, 1.165) is 51.7 Å². The van der Waals surface area contributed by atoms with Crippen LogP contribution in [0.15, 0.2) is 59.6 Å². The first-order chi connectivity index (χ1) is 15.2. The number of aromatic nitrogens is 1. The average Bonchev–Trinajstić information content (AvgIpc) is 3.25. The Morgan fingerprint density at radius 2 is 1.91 bits per heavy atom. The molecule has 0 spiro atoms. The molecule has 0 saturated carbocycles. The fourth-order valence-electron chi connectivity index (χ4n) is 4.60. The molecular formula is C27H29N3O2. The van der Waals surface area contributed by atoms with Crippen molar-refractivity contribution in [1.82, 2.24) is 9.47 Å². The number of allylic oxidation sites excluding steroid dienone is 4. The number of fused-ring (bicyclic) bond motifs is 7. The third-order valence-electron chi connectivity index (χ3n) is 5.97. The maximum Gasteiger partial charge on any atom is 0.419 e. The maximum atomic E-state index is 13.2. The first kappa shape index (κ1) is 20.7. The number of carbonyl (C=O) groups is 1. The summed E-state index contributed by atoms with van der Waals surface area (Å²) in [6.07, 6.45) is 7.44. The van der Waals surface area contributed by atoms with Gasteiger partial charge in [0.25, 0.3) is 0 Å². The van der Waals surface area contributed by atoms with E-state index in [1.54, 1.807) is 4.57 Å². The lowest BCUT2D eigenvalue weighted by Gasteiger charge is -2.20. The van der Waals surface area contributed by atoms with Gasteiger partial charge in [-0.2, -0.15) is 0 Å². The molecule has 164 valence electrons. The summed E-state index contributed by atoms with van der Waals surface area (Å²) in [5.41, 5.74) is 5.40. The zero-order valence-electron chi connectivity index (χ0n) is 19.3. The minimum absolute atomic E-state index is 0.357. The van der Waals surface area contributed by atoms with Gasteiger partial charge in [0.05, 0.1) is 22.4 Å². The Kier molecular flexibility index (Phi) is 4.82. The zero-order valence-corrected chi connectivity index (χ0v) is 19.3. The van der Waals surface area contributed by atoms with E-state index in [9.17, 15) is 4.79 Å². The predicted octanol–water partition coefficient (Wildman–Crippen LogP) is 6.18. The first-order valence-electron chi connectivity index (χ1n) is 11.2. The number of hydrogen-bond donors (Lipinski definition) is 0. The Bertz CT molecular complexity index is 1330. The molecule has 1 aliphatic carbocycles. The quantitative estimate of drug-likeness (QED) is 0.501. The van der Waals surface area contributed by atoms with E-state index in [1.165, 1.54) is 5.57 Å². The summed E-state index contributed by atoms with van der Waals surface area (Å²) in [6.45, 7) is 6.71. The van der Waals surface area contributed by atoms with E-state index in [4.69, 9.17) is 9.73 Å². The number of carbonyl (C=O) groups excluding carboxylic acids is 1. The maximum absolute atomic E-state index is 13.2. The van der Waals surface area contributed by atoms with Crippen LogP contribution in [0.3, 0.4) is 0 Å². The molecular weight excluding hydrogens is 398 g/mol. The molecule has 2 heterocycles. The fraction of sp³-hybridized carbons (Fsp3) is 0.333. The number of nitrogens with zero attached hydrogens (tertiary/aromatic N) is 3. The predicted molar refractivity (Wildman–Crippen MR) is 132 cm³/mol. The summed E-state index contributed by atoms with van der Waals surface area (Å²) in [4.78, 5) is 20.3. The molecule has 0 bridgehead atoms. The lowest BCUT2D eigenvalue weighted by molar-refractivity contribution is 0.0551. The second-order valence-corrected chi connectivity index (χ2v) is 9.88. The highest BCUT2D eigenvalue weighted by molar-refractivity contribution is 6.38. The monoisotopic (exact) mass is 427 g/mol. The van der Waals surface area contributed by atoms with Crippen molar-refractivity contribution in [3.63, 3.8) is 0 Å². The van der Waals surface area contributed by atoms with Crippen LogP contribution in [0.4, 0.5) is 10.5 Å². The van der Waals surface area contributed by atoms with Crippen molar-refractivity contribution in [2.75, 3.05) is 20.6 Å². The lowest BCUT2D eigenvalue weighted by Crippen LogP contribution is -2.27. The number of ether oxygens (including phenoxy) is 1. The van der Waals surface area contributed by atoms with E-state index < -0.39 is 5.60 Å². The van der Waals surface area contributed by atoms with Gasteiger partial charge in [-0.25, -0.2) is 14.4 Å². The molecule has 2 aromatic carbocycles. The largest absolute Gasteiger partial charge is 0.443 e. The van der Waals surface area contributed by atoms with Gasteiger partial charge in [0.2, 0.25) is 0 Å². The van der Waals surface area contributed by atoms with Crippen molar-refractivity contribution in [3.05, 3.63) is 60.2 Å². The van der Waals surface area contributed by atoms with Crippen LogP contribution >= 0.6 is 0 Å². The minimum Gasteiger partial charge on any atom is -0.443 e. The summed E-state index contributed by atoms with van der Waals surface area (Å²) >= 11 is 0. The van der Waals surface area contributed by atoms with Crippen LogP contribution in [0, 0.1) is 5.92 Å². The van der Waals surface area contributed by atoms with Gasteiger partial charge in [-0.3, -0.25) is 0 Å². The van der Waals surface area contributed by atoms with E-state index in [1.807, 2.05) is 51.1 Å². The number of rotatable bonds is 3. The van der Waals surface area contributed by atoms with Gasteiger partial charge in [-0.15, -0.1) is 0 Å². The van der Waals surface area contributed by atoms with E-state index in [-0.39, 0.29) is 6.09 Å². The number of aliphatic imine (C=N–C) groups is 1. The smallest absolute Gasteiger partial charge is 0.419 e. The highest BCUT2D eigenvalue weighted by Crippen LogP contribution is 2.45. The van der Waals surface area contributed by atoms with Gasteiger partial charge >= 0.3 is 6.09 Å². The Hall–Kier alpha value is -3.18. The SMILES string of the molecule is CN(C)CCC1C=CC2=Nc3ccc4c(c3C2=C1)c1ccccc1n4C(=O)OC(C)(C)C. The summed E-state index contributed by atoms with van der Waals surface area (Å²) in [5.74, 6) is 0.367. The van der Waals surface area contributed by atoms with Crippen LogP contribution in [-0.2, 0) is 4.74 Å². The fourth-order valence-corrected chi connectivity index (χ4v) is 4.60. The summed E-state index contributed by atoms with van der Waals surface area (Å²) in [6, 6.07) is 12.1. The van der Waals surface area contributed by atoms with Crippen molar-refractivity contribution in [1.29, 1.82) is 0 Å². The van der Waals surface area contributed by atoms with Crippen LogP contribution in [0.5, 0.6) is 0 Å². The second kappa shape index (κ2) is 7.45. The standard InChI is InChI=1S/C27H29N3O2/c1-27(2,3)32-26(31)30-22-9-7-6-8-18(22)25-23(30)13-12-21-24(25)19-16-17(14-15-29(4)5)10-11-20(19)28-21/h6-13,16-17H,14-15H2,1-5H3. The molecule has 1 unspecified atom stereocenters. The molecule has 2 aliphatic rings. The van der Waals surface area contributed by atoms with Crippen LogP contribution in [0.2, 0.25) is 0 Å². The molecule has 5 nitrogen and oxygen atoms in total. The zero-order chi connectivity index (χ0) is 22.6. The van der Waals surface area contributed by atoms with Crippen LogP contribution < -0.4 is 0 Å². The van der Waals surface area contributed by atoms with Crippen LogP contribution in [-0.4, -0.2) is 47.5 Å². The van der Waals surface area contributed by atoms with Crippen molar-refractivity contribution in [2.24, 2.45) is 10.9 Å². The Morgan fingerprint density at radius 3 is 2.66 bits per heavy atom.